The van der Waals surface area contributed by atoms with Crippen LogP contribution in [-0.2, 0) is 29.2 Å². The number of carbonyl (C=O) groups is 2. The molecule has 3 atom stereocenters. The molecule has 0 fully saturated rings. The van der Waals surface area contributed by atoms with Crippen molar-refractivity contribution in [3.63, 3.8) is 0 Å². The van der Waals surface area contributed by atoms with E-state index in [1.807, 2.05) is 48.5 Å². The molecule has 4 aromatic rings. The van der Waals surface area contributed by atoms with Crippen molar-refractivity contribution in [2.24, 2.45) is 32.3 Å². The van der Waals surface area contributed by atoms with E-state index in [1.54, 1.807) is 48.5 Å². The largest absolute Gasteiger partial charge is 1.00 e. The molecule has 17 heteroatoms. The Morgan fingerprint density at radius 1 is 0.523 bits per heavy atom. The summed E-state index contributed by atoms with van der Waals surface area (Å²) in [5, 5.41) is 14.7. The van der Waals surface area contributed by atoms with Crippen LogP contribution < -0.4 is 48.5 Å². The first-order chi connectivity index (χ1) is 31.0. The SMILES string of the molecule is CCCCC(CC)COc1ccc(N=Nc2ccc(OCCOC(=O)CC(C(=O)OCCOc3ccc(N=Nc4ccc(OCC(CC)CCCC)cc4)cc3)S(=O)(=O)[O-])cc2)cc1.[Na+]. The molecule has 0 aliphatic carbocycles. The number of nitrogens with zero attached hydrogens (tertiary/aromatic N) is 4. The number of rotatable bonds is 30. The first kappa shape index (κ1) is 54.5. The molecule has 4 aromatic carbocycles. The van der Waals surface area contributed by atoms with E-state index in [1.165, 1.54) is 25.7 Å². The number of benzene rings is 4. The number of hydrogen-bond donors (Lipinski definition) is 0. The zero-order valence-corrected chi connectivity index (χ0v) is 41.1. The van der Waals surface area contributed by atoms with Crippen LogP contribution in [0.3, 0.4) is 0 Å². The van der Waals surface area contributed by atoms with E-state index < -0.39 is 33.7 Å². The van der Waals surface area contributed by atoms with E-state index in [0.717, 1.165) is 37.2 Å². The average Bonchev–Trinajstić information content (AvgIpc) is 3.30. The van der Waals surface area contributed by atoms with E-state index in [4.69, 9.17) is 28.4 Å². The van der Waals surface area contributed by atoms with E-state index in [9.17, 15) is 22.6 Å². The van der Waals surface area contributed by atoms with Gasteiger partial charge in [0, 0.05) is 0 Å². The van der Waals surface area contributed by atoms with Crippen molar-refractivity contribution in [2.45, 2.75) is 90.7 Å². The van der Waals surface area contributed by atoms with Crippen LogP contribution in [0.25, 0.3) is 0 Å². The third kappa shape index (κ3) is 21.3. The Morgan fingerprint density at radius 3 is 1.18 bits per heavy atom. The summed E-state index contributed by atoms with van der Waals surface area (Å²) in [7, 11) is -5.25. The van der Waals surface area contributed by atoms with Gasteiger partial charge < -0.3 is 33.0 Å². The predicted molar refractivity (Wildman–Crippen MR) is 243 cm³/mol. The summed E-state index contributed by atoms with van der Waals surface area (Å²) in [5.74, 6) is 1.05. The smallest absolute Gasteiger partial charge is 0.747 e. The normalized spacial score (nSPS) is 12.8. The van der Waals surface area contributed by atoms with E-state index in [-0.39, 0.29) is 56.0 Å². The van der Waals surface area contributed by atoms with Crippen LogP contribution in [0.5, 0.6) is 23.0 Å². The summed E-state index contributed by atoms with van der Waals surface area (Å²) in [6.45, 7) is 9.24. The number of azo groups is 2. The summed E-state index contributed by atoms with van der Waals surface area (Å²) in [6.07, 6.45) is 8.22. The summed E-state index contributed by atoms with van der Waals surface area (Å²) in [5.41, 5.74) is 2.48. The third-order valence-corrected chi connectivity index (χ3v) is 11.2. The molecule has 0 spiro atoms. The topological polar surface area (TPSA) is 196 Å². The number of unbranched alkanes of at least 4 members (excludes halogenated alkanes) is 2. The minimum atomic E-state index is -5.25. The van der Waals surface area contributed by atoms with Gasteiger partial charge in [-0.1, -0.05) is 66.2 Å². The third-order valence-electron chi connectivity index (χ3n) is 10.1. The Labute approximate surface area is 405 Å². The minimum absolute atomic E-state index is 0. The van der Waals surface area contributed by atoms with Crippen LogP contribution in [-0.4, -0.2) is 69.8 Å². The number of esters is 2. The van der Waals surface area contributed by atoms with Crippen molar-refractivity contribution in [3.8, 4) is 23.0 Å². The Kier molecular flexibility index (Phi) is 25.4. The van der Waals surface area contributed by atoms with Gasteiger partial charge in [-0.05, 0) is 122 Å². The van der Waals surface area contributed by atoms with Gasteiger partial charge in [0.15, 0.2) is 5.25 Å². The zero-order valence-electron chi connectivity index (χ0n) is 38.3. The Morgan fingerprint density at radius 2 is 0.862 bits per heavy atom. The van der Waals surface area contributed by atoms with Crippen molar-refractivity contribution in [1.82, 2.24) is 0 Å². The summed E-state index contributed by atoms with van der Waals surface area (Å²) < 4.78 is 68.5. The standard InChI is InChI=1S/C48H62N4O11S.Na/c1-5-9-11-36(7-3)34-62-44-25-17-40(18-26-44)51-49-38-13-21-42(22-14-38)58-29-31-60-47(53)33-46(64(55,56)57)48(54)61-32-30-59-43-23-15-39(16-24-43)50-52-41-19-27-45(28-20-41)63-35-37(8-4)12-10-6-2;/h13-28,36-37,46H,5-12,29-35H2,1-4H3,(H,55,56,57);/q;+1/p-1. The molecule has 0 aliphatic heterocycles. The van der Waals surface area contributed by atoms with E-state index >= 15 is 0 Å². The molecule has 0 heterocycles. The molecule has 0 aromatic heterocycles. The fourth-order valence-electron chi connectivity index (χ4n) is 6.11. The summed E-state index contributed by atoms with van der Waals surface area (Å²) >= 11 is 0. The number of carbonyl (C=O) groups excluding carboxylic acids is 2. The summed E-state index contributed by atoms with van der Waals surface area (Å²) in [4.78, 5) is 24.9. The second kappa shape index (κ2) is 30.4. The second-order valence-electron chi connectivity index (χ2n) is 15.1. The van der Waals surface area contributed by atoms with Crippen LogP contribution in [0, 0.1) is 11.8 Å². The van der Waals surface area contributed by atoms with Gasteiger partial charge in [0.05, 0.1) is 42.4 Å². The molecule has 4 rings (SSSR count). The summed E-state index contributed by atoms with van der Waals surface area (Å²) in [6, 6.07) is 28.2. The minimum Gasteiger partial charge on any atom is -0.747 e. The fourth-order valence-corrected chi connectivity index (χ4v) is 6.76. The van der Waals surface area contributed by atoms with Gasteiger partial charge in [-0.3, -0.25) is 9.59 Å². The second-order valence-corrected chi connectivity index (χ2v) is 16.7. The van der Waals surface area contributed by atoms with Gasteiger partial charge in [-0.15, -0.1) is 0 Å². The van der Waals surface area contributed by atoms with Gasteiger partial charge in [0.1, 0.15) is 59.5 Å². The van der Waals surface area contributed by atoms with Gasteiger partial charge in [0.2, 0.25) is 0 Å². The number of hydrogen-bond acceptors (Lipinski definition) is 15. The molecule has 0 amide bonds. The van der Waals surface area contributed by atoms with Crippen molar-refractivity contribution in [2.75, 3.05) is 39.6 Å². The molecule has 0 saturated carbocycles. The van der Waals surface area contributed by atoms with Crippen LogP contribution in [0.4, 0.5) is 22.7 Å². The van der Waals surface area contributed by atoms with Gasteiger partial charge in [-0.2, -0.15) is 20.5 Å². The predicted octanol–water partition coefficient (Wildman–Crippen LogP) is 8.56. The zero-order chi connectivity index (χ0) is 46.0. The van der Waals surface area contributed by atoms with Gasteiger partial charge in [-0.25, -0.2) is 8.42 Å². The monoisotopic (exact) mass is 924 g/mol. The maximum atomic E-state index is 12.5. The van der Waals surface area contributed by atoms with Gasteiger partial charge >= 0.3 is 41.5 Å². The Balaban J connectivity index is 0.0000112. The molecule has 346 valence electrons. The molecule has 0 N–H and O–H groups in total. The average molecular weight is 925 g/mol. The van der Waals surface area contributed by atoms with Crippen LogP contribution in [0.1, 0.15) is 85.5 Å². The first-order valence-corrected chi connectivity index (χ1v) is 23.5. The Hall–Kier alpha value is -4.87. The molecular weight excluding hydrogens is 864 g/mol. The maximum Gasteiger partial charge on any atom is 1.00 e. The van der Waals surface area contributed by atoms with Crippen molar-refractivity contribution in [3.05, 3.63) is 97.1 Å². The van der Waals surface area contributed by atoms with Crippen molar-refractivity contribution >= 4 is 44.8 Å². The van der Waals surface area contributed by atoms with Crippen molar-refractivity contribution < 1.29 is 80.5 Å². The molecule has 0 radical (unpaired) electrons. The quantitative estimate of drug-likeness (QED) is 0.0160. The molecule has 0 saturated heterocycles. The fraction of sp³-hybridized carbons (Fsp3) is 0.458. The van der Waals surface area contributed by atoms with Crippen LogP contribution >= 0.6 is 0 Å². The van der Waals surface area contributed by atoms with Crippen LogP contribution in [0.2, 0.25) is 0 Å². The van der Waals surface area contributed by atoms with E-state index in [0.29, 0.717) is 59.3 Å². The molecule has 65 heavy (non-hydrogen) atoms. The first-order valence-electron chi connectivity index (χ1n) is 22.0. The Bertz CT molecular complexity index is 2140. The van der Waals surface area contributed by atoms with E-state index in [2.05, 4.69) is 48.2 Å². The molecule has 0 bridgehead atoms. The molecule has 3 unspecified atom stereocenters. The van der Waals surface area contributed by atoms with Crippen molar-refractivity contribution in [1.29, 1.82) is 0 Å². The number of ether oxygens (including phenoxy) is 6. The maximum absolute atomic E-state index is 12.5. The molecule has 15 nitrogen and oxygen atoms in total. The van der Waals surface area contributed by atoms with Gasteiger partial charge in [0.25, 0.3) is 0 Å². The van der Waals surface area contributed by atoms with Crippen LogP contribution in [0.15, 0.2) is 118 Å². The molecular formula is C48H61N4NaO11S. The molecule has 0 aliphatic rings.